The SMILES string of the molecule is CCn1ncc(-c2ccnc3cc(C(=O)Nc4ncn(Cc5ccc(F)cc5)n4)nn23)c1C. The summed E-state index contributed by atoms with van der Waals surface area (Å²) < 4.78 is 18.1. The van der Waals surface area contributed by atoms with Crippen LogP contribution in [0.15, 0.2) is 55.1 Å². The minimum Gasteiger partial charge on any atom is -0.288 e. The molecule has 166 valence electrons. The molecule has 10 nitrogen and oxygen atoms in total. The molecule has 1 amide bonds. The number of fused-ring (bicyclic) bond motifs is 1. The van der Waals surface area contributed by atoms with E-state index in [1.165, 1.54) is 18.5 Å². The van der Waals surface area contributed by atoms with Crippen LogP contribution < -0.4 is 5.32 Å². The van der Waals surface area contributed by atoms with Crippen molar-refractivity contribution in [2.24, 2.45) is 0 Å². The Balaban J connectivity index is 1.37. The molecule has 0 aliphatic heterocycles. The molecule has 4 aromatic heterocycles. The first kappa shape index (κ1) is 20.5. The van der Waals surface area contributed by atoms with Crippen LogP contribution in [0.2, 0.25) is 0 Å². The Hall–Kier alpha value is -4.41. The average molecular weight is 445 g/mol. The van der Waals surface area contributed by atoms with Gasteiger partial charge in [0.05, 0.1) is 18.4 Å². The summed E-state index contributed by atoms with van der Waals surface area (Å²) in [5.41, 5.74) is 4.29. The highest BCUT2D eigenvalue weighted by molar-refractivity contribution is 6.02. The predicted octanol–water partition coefficient (Wildman–Crippen LogP) is 2.95. The van der Waals surface area contributed by atoms with Gasteiger partial charge in [0.2, 0.25) is 5.95 Å². The summed E-state index contributed by atoms with van der Waals surface area (Å²) in [5, 5.41) is 15.8. The van der Waals surface area contributed by atoms with E-state index in [2.05, 4.69) is 30.6 Å². The zero-order valence-corrected chi connectivity index (χ0v) is 18.0. The van der Waals surface area contributed by atoms with Crippen molar-refractivity contribution in [3.63, 3.8) is 0 Å². The summed E-state index contributed by atoms with van der Waals surface area (Å²) >= 11 is 0. The molecule has 4 heterocycles. The quantitative estimate of drug-likeness (QED) is 0.431. The number of benzene rings is 1. The molecule has 1 N–H and O–H groups in total. The molecule has 5 aromatic rings. The second-order valence-corrected chi connectivity index (χ2v) is 7.44. The molecule has 0 saturated heterocycles. The van der Waals surface area contributed by atoms with Crippen molar-refractivity contribution in [2.45, 2.75) is 26.9 Å². The van der Waals surface area contributed by atoms with Gasteiger partial charge in [0.15, 0.2) is 11.3 Å². The Kier molecular flexibility index (Phi) is 5.13. The number of hydrogen-bond donors (Lipinski definition) is 1. The van der Waals surface area contributed by atoms with E-state index >= 15 is 0 Å². The summed E-state index contributed by atoms with van der Waals surface area (Å²) in [5.74, 6) is -0.607. The van der Waals surface area contributed by atoms with Gasteiger partial charge in [-0.15, -0.1) is 5.10 Å². The van der Waals surface area contributed by atoms with Crippen LogP contribution in [0.5, 0.6) is 0 Å². The van der Waals surface area contributed by atoms with Gasteiger partial charge in [-0.1, -0.05) is 12.1 Å². The van der Waals surface area contributed by atoms with E-state index in [-0.39, 0.29) is 17.5 Å². The topological polar surface area (TPSA) is 108 Å². The van der Waals surface area contributed by atoms with Gasteiger partial charge in [-0.2, -0.15) is 10.2 Å². The van der Waals surface area contributed by atoms with Gasteiger partial charge in [0, 0.05) is 30.1 Å². The smallest absolute Gasteiger partial charge is 0.278 e. The van der Waals surface area contributed by atoms with Crippen LogP contribution in [0, 0.1) is 12.7 Å². The maximum absolute atomic E-state index is 13.1. The Morgan fingerprint density at radius 3 is 2.70 bits per heavy atom. The van der Waals surface area contributed by atoms with Crippen molar-refractivity contribution in [1.82, 2.24) is 39.1 Å². The third kappa shape index (κ3) is 3.95. The molecule has 33 heavy (non-hydrogen) atoms. The fourth-order valence-corrected chi connectivity index (χ4v) is 3.60. The number of carbonyl (C=O) groups excluding carboxylic acids is 1. The van der Waals surface area contributed by atoms with Crippen LogP contribution in [0.4, 0.5) is 10.3 Å². The lowest BCUT2D eigenvalue weighted by Crippen LogP contribution is -2.14. The normalized spacial score (nSPS) is 11.2. The molecule has 0 radical (unpaired) electrons. The number of nitrogens with zero attached hydrogens (tertiary/aromatic N) is 8. The summed E-state index contributed by atoms with van der Waals surface area (Å²) in [6.45, 7) is 5.17. The number of halogens is 1. The van der Waals surface area contributed by atoms with Gasteiger partial charge in [-0.3, -0.25) is 14.8 Å². The molecule has 0 aliphatic rings. The van der Waals surface area contributed by atoms with E-state index in [0.717, 1.165) is 29.1 Å². The lowest BCUT2D eigenvalue weighted by Gasteiger charge is -2.04. The zero-order chi connectivity index (χ0) is 22.9. The largest absolute Gasteiger partial charge is 0.288 e. The number of aromatic nitrogens is 8. The molecule has 0 aliphatic carbocycles. The molecular weight excluding hydrogens is 425 g/mol. The number of rotatable bonds is 6. The summed E-state index contributed by atoms with van der Waals surface area (Å²) in [6, 6.07) is 9.55. The first-order valence-electron chi connectivity index (χ1n) is 10.3. The Morgan fingerprint density at radius 1 is 1.12 bits per heavy atom. The summed E-state index contributed by atoms with van der Waals surface area (Å²) in [4.78, 5) is 21.2. The van der Waals surface area contributed by atoms with Crippen molar-refractivity contribution >= 4 is 17.5 Å². The van der Waals surface area contributed by atoms with E-state index < -0.39 is 5.91 Å². The summed E-state index contributed by atoms with van der Waals surface area (Å²) in [6.07, 6.45) is 4.96. The number of hydrogen-bond acceptors (Lipinski definition) is 6. The lowest BCUT2D eigenvalue weighted by atomic mass is 10.2. The third-order valence-electron chi connectivity index (χ3n) is 5.29. The van der Waals surface area contributed by atoms with Crippen LogP contribution in [0.25, 0.3) is 16.9 Å². The van der Waals surface area contributed by atoms with Gasteiger partial charge < -0.3 is 0 Å². The Bertz CT molecular complexity index is 1450. The standard InChI is InChI=1S/C22H20FN9O/c1-3-31-14(2)17(11-26-31)19-8-9-24-20-10-18(28-32(19)20)21(33)27-22-25-13-30(29-22)12-15-4-6-16(23)7-5-15/h4-11,13H,3,12H2,1-2H3,(H,27,29,33). The molecule has 0 bridgehead atoms. The second-order valence-electron chi connectivity index (χ2n) is 7.44. The average Bonchev–Trinajstić information content (AvgIpc) is 3.53. The van der Waals surface area contributed by atoms with Crippen molar-refractivity contribution in [2.75, 3.05) is 5.32 Å². The molecule has 0 spiro atoms. The van der Waals surface area contributed by atoms with Crippen molar-refractivity contribution in [3.05, 3.63) is 77.9 Å². The molecule has 0 atom stereocenters. The highest BCUT2D eigenvalue weighted by Crippen LogP contribution is 2.23. The van der Waals surface area contributed by atoms with Gasteiger partial charge in [-0.25, -0.2) is 23.6 Å². The maximum atomic E-state index is 13.1. The van der Waals surface area contributed by atoms with E-state index in [9.17, 15) is 9.18 Å². The fraction of sp³-hybridized carbons (Fsp3) is 0.182. The first-order chi connectivity index (χ1) is 16.0. The Labute approximate surface area is 187 Å². The van der Waals surface area contributed by atoms with Crippen LogP contribution in [0.3, 0.4) is 0 Å². The van der Waals surface area contributed by atoms with Gasteiger partial charge >= 0.3 is 0 Å². The maximum Gasteiger partial charge on any atom is 0.278 e. The molecule has 0 fully saturated rings. The predicted molar refractivity (Wildman–Crippen MR) is 118 cm³/mol. The number of carbonyl (C=O) groups is 1. The van der Waals surface area contributed by atoms with Crippen LogP contribution in [-0.4, -0.2) is 45.1 Å². The van der Waals surface area contributed by atoms with Gasteiger partial charge in [0.1, 0.15) is 12.1 Å². The highest BCUT2D eigenvalue weighted by Gasteiger charge is 2.17. The van der Waals surface area contributed by atoms with Gasteiger partial charge in [0.25, 0.3) is 5.91 Å². The third-order valence-corrected chi connectivity index (χ3v) is 5.29. The van der Waals surface area contributed by atoms with Crippen LogP contribution in [-0.2, 0) is 13.1 Å². The second kappa shape index (κ2) is 8.26. The van der Waals surface area contributed by atoms with E-state index in [4.69, 9.17) is 0 Å². The van der Waals surface area contributed by atoms with E-state index in [0.29, 0.717) is 12.2 Å². The van der Waals surface area contributed by atoms with Crippen LogP contribution >= 0.6 is 0 Å². The number of nitrogens with one attached hydrogen (secondary N) is 1. The van der Waals surface area contributed by atoms with Crippen LogP contribution in [0.1, 0.15) is 28.7 Å². The van der Waals surface area contributed by atoms with Gasteiger partial charge in [-0.05, 0) is 37.6 Å². The number of anilines is 1. The van der Waals surface area contributed by atoms with Crippen molar-refractivity contribution in [3.8, 4) is 11.3 Å². The number of amides is 1. The Morgan fingerprint density at radius 2 is 1.94 bits per heavy atom. The molecule has 0 saturated carbocycles. The minimum absolute atomic E-state index is 0.146. The molecule has 11 heteroatoms. The monoisotopic (exact) mass is 445 g/mol. The lowest BCUT2D eigenvalue weighted by molar-refractivity contribution is 0.102. The minimum atomic E-state index is -0.452. The molecular formula is C22H20FN9O. The van der Waals surface area contributed by atoms with Crippen molar-refractivity contribution in [1.29, 1.82) is 0 Å². The fourth-order valence-electron chi connectivity index (χ4n) is 3.60. The van der Waals surface area contributed by atoms with E-state index in [1.807, 2.05) is 24.6 Å². The zero-order valence-electron chi connectivity index (χ0n) is 18.0. The molecule has 1 aromatic carbocycles. The first-order valence-corrected chi connectivity index (χ1v) is 10.3. The summed E-state index contributed by atoms with van der Waals surface area (Å²) in [7, 11) is 0. The highest BCUT2D eigenvalue weighted by atomic mass is 19.1. The molecule has 5 rings (SSSR count). The number of aryl methyl sites for hydroxylation is 1. The van der Waals surface area contributed by atoms with E-state index in [1.54, 1.807) is 39.8 Å². The van der Waals surface area contributed by atoms with Crippen molar-refractivity contribution < 1.29 is 9.18 Å². The molecule has 0 unspecified atom stereocenters.